The normalized spacial score (nSPS) is 16.9. The molecule has 142 valence electrons. The molecule has 1 aromatic carbocycles. The van der Waals surface area contributed by atoms with Gasteiger partial charge in [-0.05, 0) is 38.2 Å². The van der Waals surface area contributed by atoms with Crippen LogP contribution in [0.15, 0.2) is 17.0 Å². The molecule has 7 nitrogen and oxygen atoms in total. The van der Waals surface area contributed by atoms with Crippen molar-refractivity contribution in [3.8, 4) is 0 Å². The first kappa shape index (κ1) is 21.8. The molecule has 0 spiro atoms. The van der Waals surface area contributed by atoms with Crippen molar-refractivity contribution in [2.45, 2.75) is 56.9 Å². The molecule has 0 amide bonds. The lowest BCUT2D eigenvalue weighted by molar-refractivity contribution is -0.388. The molecule has 1 fully saturated rings. The summed E-state index contributed by atoms with van der Waals surface area (Å²) < 4.78 is 28.4. The van der Waals surface area contributed by atoms with E-state index < -0.39 is 21.0 Å². The van der Waals surface area contributed by atoms with Gasteiger partial charge in [0.15, 0.2) is 4.90 Å². The van der Waals surface area contributed by atoms with E-state index in [1.807, 2.05) is 0 Å². The van der Waals surface area contributed by atoms with Gasteiger partial charge in [-0.1, -0.05) is 31.4 Å². The Morgan fingerprint density at radius 1 is 1.24 bits per heavy atom. The zero-order valence-corrected chi connectivity index (χ0v) is 16.2. The Morgan fingerprint density at radius 2 is 1.80 bits per heavy atom. The molecule has 9 heteroatoms. The Bertz CT molecular complexity index is 718. The summed E-state index contributed by atoms with van der Waals surface area (Å²) in [6.07, 6.45) is 5.14. The molecule has 25 heavy (non-hydrogen) atoms. The van der Waals surface area contributed by atoms with Crippen LogP contribution in [0.3, 0.4) is 0 Å². The molecule has 3 N–H and O–H groups in total. The van der Waals surface area contributed by atoms with Gasteiger partial charge < -0.3 is 5.73 Å². The number of nitrogens with two attached hydrogens (primary N) is 1. The van der Waals surface area contributed by atoms with Gasteiger partial charge in [0.25, 0.3) is 5.69 Å². The number of hydrogen-bond acceptors (Lipinski definition) is 5. The molecule has 0 heterocycles. The van der Waals surface area contributed by atoms with Gasteiger partial charge in [-0.15, -0.1) is 12.4 Å². The molecule has 2 rings (SSSR count). The summed E-state index contributed by atoms with van der Waals surface area (Å²) in [7, 11) is -4.02. The summed E-state index contributed by atoms with van der Waals surface area (Å²) in [4.78, 5) is 10.5. The minimum Gasteiger partial charge on any atom is -0.329 e. The molecule has 0 aromatic heterocycles. The highest BCUT2D eigenvalue weighted by Gasteiger charge is 2.33. The SMILES string of the molecule is Cc1ccc(C)c(S(=O)(=O)NC(CN)C2CCCCC2)c1[N+](=O)[O-].Cl. The van der Waals surface area contributed by atoms with Crippen LogP contribution in [0, 0.1) is 29.9 Å². The third kappa shape index (κ3) is 4.91. The largest absolute Gasteiger partial charge is 0.329 e. The van der Waals surface area contributed by atoms with Crippen LogP contribution < -0.4 is 10.5 Å². The van der Waals surface area contributed by atoms with E-state index in [-0.39, 0.29) is 35.5 Å². The quantitative estimate of drug-likeness (QED) is 0.571. The highest BCUT2D eigenvalue weighted by atomic mass is 35.5. The van der Waals surface area contributed by atoms with Gasteiger partial charge in [0.05, 0.1) is 4.92 Å². The van der Waals surface area contributed by atoms with Crippen molar-refractivity contribution in [2.24, 2.45) is 11.7 Å². The van der Waals surface area contributed by atoms with E-state index in [9.17, 15) is 18.5 Å². The standard InChI is InChI=1S/C16H25N3O4S.ClH/c1-11-8-9-12(2)16(15(11)19(20)21)24(22,23)18-14(10-17)13-6-4-3-5-7-13;/h8-9,13-14,18H,3-7,10,17H2,1-2H3;1H. The van der Waals surface area contributed by atoms with Gasteiger partial charge in [-0.2, -0.15) is 0 Å². The average molecular weight is 392 g/mol. The van der Waals surface area contributed by atoms with Gasteiger partial charge in [0, 0.05) is 18.2 Å². The monoisotopic (exact) mass is 391 g/mol. The summed E-state index contributed by atoms with van der Waals surface area (Å²) in [5, 5.41) is 11.4. The Kier molecular flexibility index (Phi) is 7.80. The molecule has 0 aliphatic heterocycles. The Morgan fingerprint density at radius 3 is 2.32 bits per heavy atom. The number of nitro groups is 1. The number of hydrogen-bond donors (Lipinski definition) is 2. The van der Waals surface area contributed by atoms with Gasteiger partial charge in [-0.25, -0.2) is 13.1 Å². The number of aryl methyl sites for hydroxylation is 2. The average Bonchev–Trinajstić information content (AvgIpc) is 2.54. The topological polar surface area (TPSA) is 115 Å². The zero-order valence-electron chi connectivity index (χ0n) is 14.5. The summed E-state index contributed by atoms with van der Waals surface area (Å²) in [5.41, 5.74) is 6.12. The van der Waals surface area contributed by atoms with Gasteiger partial charge in [0.1, 0.15) is 0 Å². The van der Waals surface area contributed by atoms with Crippen LogP contribution in [0.4, 0.5) is 5.69 Å². The van der Waals surface area contributed by atoms with E-state index >= 15 is 0 Å². The van der Waals surface area contributed by atoms with Crippen LogP contribution in [0.1, 0.15) is 43.2 Å². The first-order chi connectivity index (χ1) is 11.3. The summed E-state index contributed by atoms with van der Waals surface area (Å²) in [6.45, 7) is 3.29. The lowest BCUT2D eigenvalue weighted by Gasteiger charge is -2.30. The van der Waals surface area contributed by atoms with Crippen LogP contribution >= 0.6 is 12.4 Å². The first-order valence-corrected chi connectivity index (χ1v) is 9.73. The second-order valence-electron chi connectivity index (χ2n) is 6.50. The highest BCUT2D eigenvalue weighted by molar-refractivity contribution is 7.89. The van der Waals surface area contributed by atoms with Crippen molar-refractivity contribution in [2.75, 3.05) is 6.54 Å². The zero-order chi connectivity index (χ0) is 17.9. The minimum absolute atomic E-state index is 0. The Hall–Kier alpha value is -1.22. The fraction of sp³-hybridized carbons (Fsp3) is 0.625. The molecule has 0 bridgehead atoms. The molecular formula is C16H26ClN3O4S. The van der Waals surface area contributed by atoms with E-state index in [1.54, 1.807) is 19.1 Å². The van der Waals surface area contributed by atoms with E-state index in [1.165, 1.54) is 6.92 Å². The third-order valence-corrected chi connectivity index (χ3v) is 6.43. The molecule has 1 aliphatic rings. The van der Waals surface area contributed by atoms with Crippen molar-refractivity contribution in [3.63, 3.8) is 0 Å². The second kappa shape index (κ2) is 8.93. The van der Waals surface area contributed by atoms with Crippen LogP contribution in [0.5, 0.6) is 0 Å². The van der Waals surface area contributed by atoms with Gasteiger partial charge >= 0.3 is 0 Å². The predicted molar refractivity (Wildman–Crippen MR) is 99.6 cm³/mol. The van der Waals surface area contributed by atoms with Crippen LogP contribution in [-0.4, -0.2) is 25.9 Å². The lowest BCUT2D eigenvalue weighted by atomic mass is 9.84. The molecule has 0 radical (unpaired) electrons. The summed E-state index contributed by atoms with van der Waals surface area (Å²) in [6, 6.07) is 2.76. The van der Waals surface area contributed by atoms with Crippen molar-refractivity contribution in [1.82, 2.24) is 4.72 Å². The lowest BCUT2D eigenvalue weighted by Crippen LogP contribution is -2.46. The number of nitrogens with one attached hydrogen (secondary N) is 1. The number of benzene rings is 1. The maximum Gasteiger partial charge on any atom is 0.292 e. The molecular weight excluding hydrogens is 366 g/mol. The maximum absolute atomic E-state index is 12.9. The fourth-order valence-corrected chi connectivity index (χ4v) is 5.26. The Labute approximate surface area is 155 Å². The number of sulfonamides is 1. The number of nitro benzene ring substituents is 1. The van der Waals surface area contributed by atoms with E-state index in [0.29, 0.717) is 11.1 Å². The van der Waals surface area contributed by atoms with Crippen molar-refractivity contribution < 1.29 is 13.3 Å². The van der Waals surface area contributed by atoms with E-state index in [2.05, 4.69) is 4.72 Å². The number of halogens is 1. The van der Waals surface area contributed by atoms with Gasteiger partial charge in [0.2, 0.25) is 10.0 Å². The molecule has 1 atom stereocenters. The predicted octanol–water partition coefficient (Wildman–Crippen LogP) is 2.82. The maximum atomic E-state index is 12.9. The smallest absolute Gasteiger partial charge is 0.292 e. The molecule has 1 saturated carbocycles. The third-order valence-electron chi connectivity index (χ3n) is 4.76. The number of rotatable bonds is 6. The van der Waals surface area contributed by atoms with Crippen LogP contribution in [0.2, 0.25) is 0 Å². The Balaban J connectivity index is 0.00000312. The second-order valence-corrected chi connectivity index (χ2v) is 8.15. The van der Waals surface area contributed by atoms with Crippen LogP contribution in [-0.2, 0) is 10.0 Å². The fourth-order valence-electron chi connectivity index (χ4n) is 3.47. The number of nitrogens with zero attached hydrogens (tertiary/aromatic N) is 1. The molecule has 1 aliphatic carbocycles. The van der Waals surface area contributed by atoms with E-state index in [4.69, 9.17) is 5.73 Å². The van der Waals surface area contributed by atoms with Crippen molar-refractivity contribution >= 4 is 28.1 Å². The van der Waals surface area contributed by atoms with E-state index in [0.717, 1.165) is 32.1 Å². The highest BCUT2D eigenvalue weighted by Crippen LogP contribution is 2.32. The molecule has 1 aromatic rings. The van der Waals surface area contributed by atoms with Crippen LogP contribution in [0.25, 0.3) is 0 Å². The van der Waals surface area contributed by atoms with Gasteiger partial charge in [-0.3, -0.25) is 10.1 Å². The minimum atomic E-state index is -4.02. The molecule has 0 saturated heterocycles. The summed E-state index contributed by atoms with van der Waals surface area (Å²) in [5.74, 6) is 0.183. The van der Waals surface area contributed by atoms with Crippen molar-refractivity contribution in [1.29, 1.82) is 0 Å². The first-order valence-electron chi connectivity index (χ1n) is 8.25. The van der Waals surface area contributed by atoms with Crippen molar-refractivity contribution in [3.05, 3.63) is 33.4 Å². The summed E-state index contributed by atoms with van der Waals surface area (Å²) >= 11 is 0. The molecule has 1 unspecified atom stereocenters.